The number of ether oxygens (including phenoxy) is 2. The minimum Gasteiger partial charge on any atom is -0.490 e. The Morgan fingerprint density at radius 2 is 2.12 bits per heavy atom. The van der Waals surface area contributed by atoms with Gasteiger partial charge >= 0.3 is 6.09 Å². The third kappa shape index (κ3) is 6.08. The first-order chi connectivity index (χ1) is 15.9. The first-order valence-corrected chi connectivity index (χ1v) is 10.6. The molecule has 3 aromatic rings. The zero-order valence-corrected chi connectivity index (χ0v) is 18.6. The fourth-order valence-electron chi connectivity index (χ4n) is 3.53. The number of aliphatic hydroxyl groups is 1. The molecule has 0 unspecified atom stereocenters. The number of carbonyl (C=O) groups is 1. The smallest absolute Gasteiger partial charge is 0.404 e. The van der Waals surface area contributed by atoms with Crippen LogP contribution >= 0.6 is 0 Å². The normalized spacial score (nSPS) is 11.8. The van der Waals surface area contributed by atoms with Gasteiger partial charge in [0.15, 0.2) is 0 Å². The summed E-state index contributed by atoms with van der Waals surface area (Å²) >= 11 is 0. The van der Waals surface area contributed by atoms with Gasteiger partial charge < -0.3 is 24.8 Å². The van der Waals surface area contributed by atoms with Crippen molar-refractivity contribution in [2.75, 3.05) is 13.2 Å². The molecule has 0 fully saturated rings. The highest BCUT2D eigenvalue weighted by atomic mass is 16.6. The van der Waals surface area contributed by atoms with Crippen LogP contribution in [0.15, 0.2) is 40.9 Å². The molecule has 0 bridgehead atoms. The summed E-state index contributed by atoms with van der Waals surface area (Å²) in [7, 11) is 0. The van der Waals surface area contributed by atoms with E-state index in [2.05, 4.69) is 32.7 Å². The van der Waals surface area contributed by atoms with Crippen molar-refractivity contribution in [3.63, 3.8) is 0 Å². The predicted octanol–water partition coefficient (Wildman–Crippen LogP) is 3.63. The van der Waals surface area contributed by atoms with E-state index < -0.39 is 6.09 Å². The Labute approximate surface area is 191 Å². The minimum atomic E-state index is -0.853. The standard InChI is InChI=1S/C21H19N3O2.C3H7NO3/c1-13(2)25-19-10-9-15(11-16(19)12-22)21-23-20(24-26-21)18-8-4-6-14-5-3-7-17(14)18;4-3(6)7-2-1-5/h4,6,8-11,13H,3,5,7H2,1-2H3;5H,1-2H2,(H2,4,6). The fraction of sp³-hybridized carbons (Fsp3) is 0.333. The lowest BCUT2D eigenvalue weighted by Gasteiger charge is -2.11. The van der Waals surface area contributed by atoms with Crippen molar-refractivity contribution in [1.29, 1.82) is 5.26 Å². The lowest BCUT2D eigenvalue weighted by atomic mass is 10.0. The van der Waals surface area contributed by atoms with Gasteiger partial charge in [-0.3, -0.25) is 0 Å². The Morgan fingerprint density at radius 3 is 2.79 bits per heavy atom. The summed E-state index contributed by atoms with van der Waals surface area (Å²) in [5.41, 5.74) is 9.40. The molecule has 0 radical (unpaired) electrons. The van der Waals surface area contributed by atoms with Crippen molar-refractivity contribution in [3.8, 4) is 34.7 Å². The molecule has 0 saturated carbocycles. The van der Waals surface area contributed by atoms with Gasteiger partial charge in [-0.05, 0) is 62.4 Å². The highest BCUT2D eigenvalue weighted by molar-refractivity contribution is 5.66. The number of rotatable bonds is 6. The van der Waals surface area contributed by atoms with Gasteiger partial charge in [0.05, 0.1) is 18.3 Å². The van der Waals surface area contributed by atoms with Crippen LogP contribution < -0.4 is 10.5 Å². The number of nitrogens with two attached hydrogens (primary N) is 1. The molecule has 33 heavy (non-hydrogen) atoms. The fourth-order valence-corrected chi connectivity index (χ4v) is 3.53. The number of hydrogen-bond donors (Lipinski definition) is 2. The van der Waals surface area contributed by atoms with Crippen molar-refractivity contribution in [2.24, 2.45) is 5.73 Å². The van der Waals surface area contributed by atoms with Gasteiger partial charge in [-0.25, -0.2) is 4.79 Å². The molecule has 1 heterocycles. The van der Waals surface area contributed by atoms with E-state index in [4.69, 9.17) is 14.4 Å². The first-order valence-electron chi connectivity index (χ1n) is 10.6. The molecule has 172 valence electrons. The van der Waals surface area contributed by atoms with E-state index in [9.17, 15) is 10.1 Å². The van der Waals surface area contributed by atoms with Gasteiger partial charge in [0.2, 0.25) is 5.82 Å². The molecule has 3 N–H and O–H groups in total. The molecule has 1 aliphatic rings. The summed E-state index contributed by atoms with van der Waals surface area (Å²) in [6, 6.07) is 13.8. The Balaban J connectivity index is 0.000000383. The molecule has 1 aliphatic carbocycles. The Hall–Kier alpha value is -3.90. The van der Waals surface area contributed by atoms with Crippen LogP contribution in [-0.4, -0.2) is 40.7 Å². The van der Waals surface area contributed by atoms with Crippen molar-refractivity contribution in [3.05, 3.63) is 53.1 Å². The molecule has 0 saturated heterocycles. The van der Waals surface area contributed by atoms with Crippen LogP contribution in [0.3, 0.4) is 0 Å². The van der Waals surface area contributed by atoms with Crippen molar-refractivity contribution >= 4 is 6.09 Å². The SMILES string of the molecule is CC(C)Oc1ccc(-c2nc(-c3cccc4c3CCC4)no2)cc1C#N.NC(=O)OCCO. The summed E-state index contributed by atoms with van der Waals surface area (Å²) < 4.78 is 15.2. The largest absolute Gasteiger partial charge is 0.490 e. The zero-order valence-electron chi connectivity index (χ0n) is 18.6. The average molecular weight is 450 g/mol. The summed E-state index contributed by atoms with van der Waals surface area (Å²) in [5, 5.41) is 21.5. The van der Waals surface area contributed by atoms with Gasteiger partial charge in [-0.2, -0.15) is 10.2 Å². The third-order valence-electron chi connectivity index (χ3n) is 4.86. The Morgan fingerprint density at radius 1 is 1.30 bits per heavy atom. The summed E-state index contributed by atoms with van der Waals surface area (Å²) in [6.45, 7) is 3.66. The maximum Gasteiger partial charge on any atom is 0.404 e. The first kappa shape index (κ1) is 23.8. The number of benzene rings is 2. The van der Waals surface area contributed by atoms with Crippen molar-refractivity contribution < 1.29 is 23.9 Å². The molecule has 1 amide bonds. The van der Waals surface area contributed by atoms with E-state index in [0.29, 0.717) is 28.6 Å². The van der Waals surface area contributed by atoms with E-state index in [1.54, 1.807) is 12.1 Å². The van der Waals surface area contributed by atoms with Crippen LogP contribution in [0.4, 0.5) is 4.79 Å². The number of aliphatic hydroxyl groups excluding tert-OH is 1. The number of aromatic nitrogens is 2. The topological polar surface area (TPSA) is 144 Å². The quantitative estimate of drug-likeness (QED) is 0.579. The number of nitriles is 1. The molecule has 1 aromatic heterocycles. The number of hydrogen-bond acceptors (Lipinski definition) is 8. The number of amides is 1. The maximum absolute atomic E-state index is 9.65. The van der Waals surface area contributed by atoms with E-state index >= 15 is 0 Å². The van der Waals surface area contributed by atoms with E-state index in [1.807, 2.05) is 32.0 Å². The molecule has 9 heteroatoms. The highest BCUT2D eigenvalue weighted by Crippen LogP contribution is 2.32. The van der Waals surface area contributed by atoms with E-state index in [-0.39, 0.29) is 19.3 Å². The highest BCUT2D eigenvalue weighted by Gasteiger charge is 2.20. The number of aryl methyl sites for hydroxylation is 1. The molecule has 4 rings (SSSR count). The number of fused-ring (bicyclic) bond motifs is 1. The van der Waals surface area contributed by atoms with Crippen LogP contribution in [0.1, 0.15) is 37.0 Å². The van der Waals surface area contributed by atoms with Gasteiger partial charge in [0, 0.05) is 11.1 Å². The second-order valence-corrected chi connectivity index (χ2v) is 7.60. The van der Waals surface area contributed by atoms with Crippen molar-refractivity contribution in [1.82, 2.24) is 10.1 Å². The third-order valence-corrected chi connectivity index (χ3v) is 4.86. The number of carbonyl (C=O) groups excluding carboxylic acids is 1. The lowest BCUT2D eigenvalue weighted by molar-refractivity contribution is 0.127. The van der Waals surface area contributed by atoms with E-state index in [0.717, 1.165) is 18.4 Å². The van der Waals surface area contributed by atoms with Crippen LogP contribution in [0.5, 0.6) is 5.75 Å². The predicted molar refractivity (Wildman–Crippen MR) is 120 cm³/mol. The second kappa shape index (κ2) is 11.1. The molecular weight excluding hydrogens is 424 g/mol. The lowest BCUT2D eigenvalue weighted by Crippen LogP contribution is -2.15. The molecule has 9 nitrogen and oxygen atoms in total. The van der Waals surface area contributed by atoms with Gasteiger partial charge in [-0.1, -0.05) is 23.4 Å². The minimum absolute atomic E-state index is 0.00290. The Kier molecular flexibility index (Phi) is 8.00. The van der Waals surface area contributed by atoms with Crippen molar-refractivity contribution in [2.45, 2.75) is 39.2 Å². The van der Waals surface area contributed by atoms with Gasteiger partial charge in [0.25, 0.3) is 5.89 Å². The molecular formula is C24H26N4O5. The van der Waals surface area contributed by atoms with Crippen LogP contribution in [0.25, 0.3) is 22.8 Å². The molecule has 0 spiro atoms. The molecule has 2 aromatic carbocycles. The van der Waals surface area contributed by atoms with Crippen LogP contribution in [0.2, 0.25) is 0 Å². The van der Waals surface area contributed by atoms with Crippen LogP contribution in [0, 0.1) is 11.3 Å². The number of primary amides is 1. The molecule has 0 aliphatic heterocycles. The van der Waals surface area contributed by atoms with Crippen LogP contribution in [-0.2, 0) is 17.6 Å². The Bertz CT molecular complexity index is 1150. The maximum atomic E-state index is 9.65. The molecule has 0 atom stereocenters. The number of nitrogens with zero attached hydrogens (tertiary/aromatic N) is 3. The van der Waals surface area contributed by atoms with Gasteiger partial charge in [-0.15, -0.1) is 0 Å². The van der Waals surface area contributed by atoms with Gasteiger partial charge in [0.1, 0.15) is 18.4 Å². The summed E-state index contributed by atoms with van der Waals surface area (Å²) in [4.78, 5) is 14.2. The summed E-state index contributed by atoms with van der Waals surface area (Å²) in [6.07, 6.45) is 2.48. The summed E-state index contributed by atoms with van der Waals surface area (Å²) in [5.74, 6) is 1.56. The second-order valence-electron chi connectivity index (χ2n) is 7.60. The average Bonchev–Trinajstić information content (AvgIpc) is 3.47. The van der Waals surface area contributed by atoms with E-state index in [1.165, 1.54) is 17.5 Å². The monoisotopic (exact) mass is 450 g/mol. The zero-order chi connectivity index (χ0) is 23.8.